The van der Waals surface area contributed by atoms with E-state index in [4.69, 9.17) is 11.6 Å². The molecule has 0 saturated carbocycles. The van der Waals surface area contributed by atoms with Crippen LogP contribution in [0.15, 0.2) is 10.9 Å². The lowest BCUT2D eigenvalue weighted by Gasteiger charge is -2.02. The minimum atomic E-state index is -0.738. The minimum absolute atomic E-state index is 0.0176. The lowest BCUT2D eigenvalue weighted by Crippen LogP contribution is -2.27. The van der Waals surface area contributed by atoms with Crippen LogP contribution in [0.2, 0.25) is 0 Å². The topological polar surface area (TPSA) is 52.0 Å². The molecule has 5 heteroatoms. The summed E-state index contributed by atoms with van der Waals surface area (Å²) in [6, 6.07) is 1.39. The Kier molecular flexibility index (Phi) is 2.83. The molecule has 0 aliphatic rings. The van der Waals surface area contributed by atoms with Crippen LogP contribution in [0.25, 0.3) is 0 Å². The first-order valence-corrected chi connectivity index (χ1v) is 4.22. The van der Waals surface area contributed by atoms with Crippen LogP contribution in [0.5, 0.6) is 0 Å². The Bertz CT molecular complexity index is 398. The fourth-order valence-electron chi connectivity index (χ4n) is 1.03. The van der Waals surface area contributed by atoms with Gasteiger partial charge in [0.15, 0.2) is 0 Å². The standard InChI is InChI=1S/C8H9ClN2O2/c1-3-11-8(13)6(7(9)12)4-5(2)10-11/h4H,3H2,1-2H3. The highest BCUT2D eigenvalue weighted by molar-refractivity contribution is 6.67. The van der Waals surface area contributed by atoms with Crippen molar-refractivity contribution in [3.05, 3.63) is 27.7 Å². The third kappa shape index (κ3) is 1.95. The number of carbonyl (C=O) groups is 1. The molecule has 1 aromatic rings. The molecule has 0 aliphatic carbocycles. The molecule has 1 aromatic heterocycles. The Morgan fingerprint density at radius 2 is 2.31 bits per heavy atom. The zero-order valence-corrected chi connectivity index (χ0v) is 8.13. The summed E-state index contributed by atoms with van der Waals surface area (Å²) in [5.41, 5.74) is 0.148. The summed E-state index contributed by atoms with van der Waals surface area (Å²) in [6.07, 6.45) is 0. The summed E-state index contributed by atoms with van der Waals surface area (Å²) in [7, 11) is 0. The largest absolute Gasteiger partial charge is 0.278 e. The van der Waals surface area contributed by atoms with Crippen molar-refractivity contribution < 1.29 is 4.79 Å². The number of carbonyl (C=O) groups excluding carboxylic acids is 1. The van der Waals surface area contributed by atoms with E-state index in [0.717, 1.165) is 0 Å². The van der Waals surface area contributed by atoms with Crippen molar-refractivity contribution in [1.82, 2.24) is 9.78 Å². The van der Waals surface area contributed by atoms with E-state index in [-0.39, 0.29) is 5.56 Å². The molecule has 13 heavy (non-hydrogen) atoms. The van der Waals surface area contributed by atoms with Crippen molar-refractivity contribution >= 4 is 16.8 Å². The Labute approximate surface area is 80.1 Å². The minimum Gasteiger partial charge on any atom is -0.275 e. The molecule has 0 bridgehead atoms. The molecule has 0 aliphatic heterocycles. The first-order valence-electron chi connectivity index (χ1n) is 3.85. The fraction of sp³-hybridized carbons (Fsp3) is 0.375. The first kappa shape index (κ1) is 9.92. The normalized spacial score (nSPS) is 10.1. The summed E-state index contributed by atoms with van der Waals surface area (Å²) >= 11 is 5.23. The average molecular weight is 201 g/mol. The van der Waals surface area contributed by atoms with Crippen LogP contribution in [-0.2, 0) is 6.54 Å². The van der Waals surface area contributed by atoms with Crippen molar-refractivity contribution in [3.8, 4) is 0 Å². The molecule has 4 nitrogen and oxygen atoms in total. The van der Waals surface area contributed by atoms with Crippen LogP contribution in [0.4, 0.5) is 0 Å². The monoisotopic (exact) mass is 200 g/mol. The van der Waals surface area contributed by atoms with Crippen molar-refractivity contribution in [3.63, 3.8) is 0 Å². The van der Waals surface area contributed by atoms with E-state index in [1.165, 1.54) is 10.7 Å². The maximum Gasteiger partial charge on any atom is 0.278 e. The van der Waals surface area contributed by atoms with Crippen LogP contribution in [-0.4, -0.2) is 15.0 Å². The lowest BCUT2D eigenvalue weighted by atomic mass is 10.3. The molecule has 0 aromatic carbocycles. The highest BCUT2D eigenvalue weighted by atomic mass is 35.5. The number of rotatable bonds is 2. The summed E-state index contributed by atoms with van der Waals surface area (Å²) in [6.45, 7) is 3.91. The Morgan fingerprint density at radius 3 is 2.77 bits per heavy atom. The smallest absolute Gasteiger partial charge is 0.275 e. The molecule has 70 valence electrons. The molecule has 0 spiro atoms. The number of halogens is 1. The molecule has 0 N–H and O–H groups in total. The van der Waals surface area contributed by atoms with Gasteiger partial charge in [0.1, 0.15) is 5.56 Å². The zero-order chi connectivity index (χ0) is 10.0. The quantitative estimate of drug-likeness (QED) is 0.668. The van der Waals surface area contributed by atoms with Gasteiger partial charge >= 0.3 is 0 Å². The number of aromatic nitrogens is 2. The van der Waals surface area contributed by atoms with Gasteiger partial charge in [-0.2, -0.15) is 5.10 Å². The highest BCUT2D eigenvalue weighted by Gasteiger charge is 2.10. The van der Waals surface area contributed by atoms with E-state index in [2.05, 4.69) is 5.10 Å². The second-order valence-electron chi connectivity index (χ2n) is 2.59. The highest BCUT2D eigenvalue weighted by Crippen LogP contribution is 1.99. The van der Waals surface area contributed by atoms with Gasteiger partial charge in [0.25, 0.3) is 10.8 Å². The maximum atomic E-state index is 11.4. The molecule has 1 rings (SSSR count). The van der Waals surface area contributed by atoms with Crippen molar-refractivity contribution in [2.75, 3.05) is 0 Å². The van der Waals surface area contributed by atoms with E-state index in [9.17, 15) is 9.59 Å². The van der Waals surface area contributed by atoms with Crippen molar-refractivity contribution in [1.29, 1.82) is 0 Å². The molecule has 0 atom stereocenters. The van der Waals surface area contributed by atoms with Gasteiger partial charge in [-0.1, -0.05) is 0 Å². The van der Waals surface area contributed by atoms with Crippen LogP contribution in [0.3, 0.4) is 0 Å². The fourth-order valence-corrected chi connectivity index (χ4v) is 1.16. The predicted octanol–water partition coefficient (Wildman–Crippen LogP) is 0.951. The van der Waals surface area contributed by atoms with Crippen molar-refractivity contribution in [2.45, 2.75) is 20.4 Å². The summed E-state index contributed by atoms with van der Waals surface area (Å²) < 4.78 is 1.21. The molecule has 1 heterocycles. The average Bonchev–Trinajstić information content (AvgIpc) is 2.08. The number of hydrogen-bond acceptors (Lipinski definition) is 3. The van der Waals surface area contributed by atoms with Gasteiger partial charge in [0.05, 0.1) is 5.69 Å². The van der Waals surface area contributed by atoms with Gasteiger partial charge in [0.2, 0.25) is 0 Å². The first-order chi connectivity index (χ1) is 6.06. The van der Waals surface area contributed by atoms with Gasteiger partial charge in [-0.3, -0.25) is 9.59 Å². The van der Waals surface area contributed by atoms with E-state index in [0.29, 0.717) is 12.2 Å². The molecule has 0 unspecified atom stereocenters. The van der Waals surface area contributed by atoms with Crippen molar-refractivity contribution in [2.24, 2.45) is 0 Å². The van der Waals surface area contributed by atoms with Gasteiger partial charge in [-0.15, -0.1) is 0 Å². The zero-order valence-electron chi connectivity index (χ0n) is 7.37. The number of hydrogen-bond donors (Lipinski definition) is 0. The van der Waals surface area contributed by atoms with Crippen LogP contribution in [0.1, 0.15) is 23.0 Å². The Hall–Kier alpha value is -1.16. The predicted molar refractivity (Wildman–Crippen MR) is 49.1 cm³/mol. The lowest BCUT2D eigenvalue weighted by molar-refractivity contribution is 0.107. The van der Waals surface area contributed by atoms with Gasteiger partial charge < -0.3 is 0 Å². The van der Waals surface area contributed by atoms with E-state index < -0.39 is 10.8 Å². The van der Waals surface area contributed by atoms with E-state index >= 15 is 0 Å². The maximum absolute atomic E-state index is 11.4. The molecule has 0 amide bonds. The third-order valence-electron chi connectivity index (χ3n) is 1.61. The summed E-state index contributed by atoms with van der Waals surface area (Å²) in [5, 5.41) is 3.19. The van der Waals surface area contributed by atoms with Gasteiger partial charge in [0, 0.05) is 6.54 Å². The molecule has 0 saturated heterocycles. The molecular formula is C8H9ClN2O2. The van der Waals surface area contributed by atoms with E-state index in [1.807, 2.05) is 0 Å². The summed E-state index contributed by atoms with van der Waals surface area (Å²) in [4.78, 5) is 22.2. The molecular weight excluding hydrogens is 192 g/mol. The molecule has 0 fully saturated rings. The van der Waals surface area contributed by atoms with Gasteiger partial charge in [-0.05, 0) is 31.5 Å². The van der Waals surface area contributed by atoms with Crippen LogP contribution < -0.4 is 5.56 Å². The van der Waals surface area contributed by atoms with Crippen LogP contribution in [0, 0.1) is 6.92 Å². The third-order valence-corrected chi connectivity index (χ3v) is 1.81. The Morgan fingerprint density at radius 1 is 1.69 bits per heavy atom. The second-order valence-corrected chi connectivity index (χ2v) is 2.94. The number of aryl methyl sites for hydroxylation is 2. The second kappa shape index (κ2) is 3.70. The molecule has 0 radical (unpaired) electrons. The van der Waals surface area contributed by atoms with Gasteiger partial charge in [-0.25, -0.2) is 4.68 Å². The Balaban J connectivity index is 3.45. The van der Waals surface area contributed by atoms with Crippen LogP contribution >= 0.6 is 11.6 Å². The SMILES string of the molecule is CCn1nc(C)cc(C(=O)Cl)c1=O. The number of nitrogens with zero attached hydrogens (tertiary/aromatic N) is 2. The van der Waals surface area contributed by atoms with E-state index in [1.54, 1.807) is 13.8 Å². The summed E-state index contributed by atoms with van der Waals surface area (Å²) in [5.74, 6) is 0.